The lowest BCUT2D eigenvalue weighted by Gasteiger charge is -2.41. The number of likely N-dealkylation sites (N-methyl/N-ethyl adjacent to an activating group) is 2. The molecule has 1 aliphatic rings. The first-order valence-corrected chi connectivity index (χ1v) is 19.6. The van der Waals surface area contributed by atoms with Crippen molar-refractivity contribution in [3.8, 4) is 5.75 Å². The van der Waals surface area contributed by atoms with Crippen LogP contribution in [-0.4, -0.2) is 130 Å². The minimum atomic E-state index is -0.755. The van der Waals surface area contributed by atoms with E-state index in [1.54, 1.807) is 33.3 Å². The summed E-state index contributed by atoms with van der Waals surface area (Å²) in [6, 6.07) is 4.75. The number of carbonyl (C=O) groups is 4. The van der Waals surface area contributed by atoms with E-state index in [0.29, 0.717) is 13.0 Å². The van der Waals surface area contributed by atoms with Crippen LogP contribution in [0.15, 0.2) is 24.3 Å². The molecule has 54 heavy (non-hydrogen) atoms. The molecule has 0 aliphatic carbocycles. The van der Waals surface area contributed by atoms with Crippen molar-refractivity contribution in [1.29, 1.82) is 0 Å². The molecule has 0 radical (unpaired) electrons. The van der Waals surface area contributed by atoms with Crippen LogP contribution in [0.1, 0.15) is 92.7 Å². The molecule has 0 spiro atoms. The molecule has 1 fully saturated rings. The highest BCUT2D eigenvalue weighted by Crippen LogP contribution is 2.30. The van der Waals surface area contributed by atoms with E-state index in [0.717, 1.165) is 24.2 Å². The van der Waals surface area contributed by atoms with E-state index >= 15 is 0 Å². The third-order valence-corrected chi connectivity index (χ3v) is 11.4. The van der Waals surface area contributed by atoms with Gasteiger partial charge in [0.05, 0.1) is 49.8 Å². The molecule has 1 aliphatic heterocycles. The Morgan fingerprint density at radius 3 is 1.98 bits per heavy atom. The second-order valence-electron chi connectivity index (χ2n) is 16.1. The average Bonchev–Trinajstić information content (AvgIpc) is 3.62. The van der Waals surface area contributed by atoms with Crippen LogP contribution >= 0.6 is 0 Å². The zero-order valence-electron chi connectivity index (χ0n) is 35.5. The normalized spacial score (nSPS) is 19.7. The first kappa shape index (κ1) is 46.9. The lowest BCUT2D eigenvalue weighted by Crippen LogP contribution is -2.59. The summed E-state index contributed by atoms with van der Waals surface area (Å²) < 4.78 is 17.2. The molecule has 1 saturated heterocycles. The maximum atomic E-state index is 14.2. The van der Waals surface area contributed by atoms with E-state index in [2.05, 4.69) is 17.6 Å². The van der Waals surface area contributed by atoms with Gasteiger partial charge in [-0.15, -0.1) is 0 Å². The van der Waals surface area contributed by atoms with Gasteiger partial charge in [0.15, 0.2) is 0 Å². The van der Waals surface area contributed by atoms with E-state index in [1.807, 2.05) is 96.6 Å². The molecule has 0 saturated carbocycles. The molecular formula is C41H72N6O7. The second kappa shape index (κ2) is 21.7. The van der Waals surface area contributed by atoms with Crippen molar-refractivity contribution >= 4 is 23.6 Å². The second-order valence-corrected chi connectivity index (χ2v) is 16.1. The highest BCUT2D eigenvalue weighted by molar-refractivity contribution is 5.90. The summed E-state index contributed by atoms with van der Waals surface area (Å²) in [5.74, 6) is -0.726. The summed E-state index contributed by atoms with van der Waals surface area (Å²) in [6.07, 6.45) is 1.08. The molecule has 0 aromatic heterocycles. The van der Waals surface area contributed by atoms with Gasteiger partial charge in [0.1, 0.15) is 11.8 Å². The fourth-order valence-corrected chi connectivity index (χ4v) is 7.97. The number of methoxy groups -OCH3 is 3. The van der Waals surface area contributed by atoms with Crippen LogP contribution in [0.25, 0.3) is 0 Å². The van der Waals surface area contributed by atoms with Gasteiger partial charge in [0, 0.05) is 39.9 Å². The van der Waals surface area contributed by atoms with Crippen LogP contribution in [0.3, 0.4) is 0 Å². The van der Waals surface area contributed by atoms with Gasteiger partial charge in [-0.2, -0.15) is 0 Å². The largest absolute Gasteiger partial charge is 0.497 e. The topological polar surface area (TPSA) is 156 Å². The van der Waals surface area contributed by atoms with Crippen molar-refractivity contribution < 1.29 is 33.4 Å². The summed E-state index contributed by atoms with van der Waals surface area (Å²) in [4.78, 5) is 60.8. The number of nitrogens with one attached hydrogen (secondary N) is 2. The van der Waals surface area contributed by atoms with E-state index in [9.17, 15) is 19.2 Å². The number of likely N-dealkylation sites (tertiary alicyclic amines) is 1. The molecule has 2 rings (SSSR count). The Bertz CT molecular complexity index is 1330. The van der Waals surface area contributed by atoms with Gasteiger partial charge in [0.25, 0.3) is 0 Å². The smallest absolute Gasteiger partial charge is 0.245 e. The molecule has 1 heterocycles. The highest BCUT2D eigenvalue weighted by Gasteiger charge is 2.43. The van der Waals surface area contributed by atoms with E-state index in [-0.39, 0.29) is 59.9 Å². The SMILES string of the molecule is CCC(C)[C@@H]([C@@H](CC(=O)N1CCC[C@H]1[C@H](OC)[C@@H](C)C(=O)N[C@H](C)C(N)c1ccc(OC)cc1)OC)N(C)C(=O)[C@@H](NC(=O)[C@H](C(C)C)N(C)C)C(C)C. The first-order chi connectivity index (χ1) is 25.4. The zero-order chi connectivity index (χ0) is 41.0. The van der Waals surface area contributed by atoms with Crippen LogP contribution in [0, 0.1) is 23.7 Å². The maximum Gasteiger partial charge on any atom is 0.245 e. The fraction of sp³-hybridized carbons (Fsp3) is 0.756. The van der Waals surface area contributed by atoms with Crippen molar-refractivity contribution in [2.75, 3.05) is 49.0 Å². The molecule has 10 atom stereocenters. The highest BCUT2D eigenvalue weighted by atomic mass is 16.5. The number of amides is 4. The first-order valence-electron chi connectivity index (χ1n) is 19.6. The lowest BCUT2D eigenvalue weighted by atomic mass is 9.89. The van der Waals surface area contributed by atoms with Crippen molar-refractivity contribution in [1.82, 2.24) is 25.3 Å². The van der Waals surface area contributed by atoms with Crippen molar-refractivity contribution in [3.63, 3.8) is 0 Å². The van der Waals surface area contributed by atoms with Gasteiger partial charge in [0.2, 0.25) is 23.6 Å². The number of nitrogens with zero attached hydrogens (tertiary/aromatic N) is 3. The van der Waals surface area contributed by atoms with Gasteiger partial charge >= 0.3 is 0 Å². The number of carbonyl (C=O) groups excluding carboxylic acids is 4. The molecule has 4 amide bonds. The summed E-state index contributed by atoms with van der Waals surface area (Å²) in [5.41, 5.74) is 7.39. The van der Waals surface area contributed by atoms with Crippen LogP contribution in [0.4, 0.5) is 0 Å². The Hall–Kier alpha value is -3.26. The van der Waals surface area contributed by atoms with Crippen LogP contribution in [0.2, 0.25) is 0 Å². The number of hydrogen-bond acceptors (Lipinski definition) is 9. The van der Waals surface area contributed by atoms with Crippen molar-refractivity contribution in [3.05, 3.63) is 29.8 Å². The molecule has 13 nitrogen and oxygen atoms in total. The minimum Gasteiger partial charge on any atom is -0.497 e. The Labute approximate surface area is 325 Å². The fourth-order valence-electron chi connectivity index (χ4n) is 7.97. The lowest BCUT2D eigenvalue weighted by molar-refractivity contribution is -0.148. The number of benzene rings is 1. The predicted octanol–water partition coefficient (Wildman–Crippen LogP) is 3.85. The Balaban J connectivity index is 2.25. The third kappa shape index (κ3) is 11.9. The molecule has 4 N–H and O–H groups in total. The molecule has 0 bridgehead atoms. The number of rotatable bonds is 21. The van der Waals surface area contributed by atoms with Crippen LogP contribution in [-0.2, 0) is 28.7 Å². The van der Waals surface area contributed by atoms with Crippen molar-refractivity contribution in [2.24, 2.45) is 29.4 Å². The van der Waals surface area contributed by atoms with Crippen LogP contribution < -0.4 is 21.1 Å². The predicted molar refractivity (Wildman–Crippen MR) is 213 cm³/mol. The maximum absolute atomic E-state index is 14.2. The number of nitrogens with two attached hydrogens (primary N) is 1. The Kier molecular flexibility index (Phi) is 18.9. The summed E-state index contributed by atoms with van der Waals surface area (Å²) in [7, 11) is 10.2. The monoisotopic (exact) mass is 761 g/mol. The third-order valence-electron chi connectivity index (χ3n) is 11.4. The van der Waals surface area contributed by atoms with Gasteiger partial charge in [-0.1, -0.05) is 67.0 Å². The molecular weight excluding hydrogens is 688 g/mol. The van der Waals surface area contributed by atoms with Gasteiger partial charge in [-0.25, -0.2) is 0 Å². The van der Waals surface area contributed by atoms with Crippen LogP contribution in [0.5, 0.6) is 5.75 Å². The van der Waals surface area contributed by atoms with E-state index in [1.165, 1.54) is 0 Å². The van der Waals surface area contributed by atoms with Gasteiger partial charge in [-0.05, 0) is 69.3 Å². The summed E-state index contributed by atoms with van der Waals surface area (Å²) >= 11 is 0. The number of hydrogen-bond donors (Lipinski definition) is 3. The Morgan fingerprint density at radius 1 is 0.889 bits per heavy atom. The summed E-state index contributed by atoms with van der Waals surface area (Å²) in [5, 5.41) is 6.11. The molecule has 308 valence electrons. The molecule has 1 aromatic rings. The molecule has 13 heteroatoms. The van der Waals surface area contributed by atoms with Crippen molar-refractivity contribution in [2.45, 2.75) is 130 Å². The number of ether oxygens (including phenoxy) is 3. The standard InChI is InChI=1S/C41H72N6O7/c1-15-26(6)37(46(11)41(51)35(24(2)3)44-40(50)36(25(4)5)45(9)10)32(53-13)23-33(48)47-22-16-17-31(47)38(54-14)27(7)39(49)43-28(8)34(42)29-18-20-30(52-12)21-19-29/h18-21,24-28,31-32,34-38H,15-17,22-23,42H2,1-14H3,(H,43,49)(H,44,50)/t26?,27-,28-,31+,32-,34?,35+,36+,37+,38-/m1/s1. The van der Waals surface area contributed by atoms with Gasteiger partial charge < -0.3 is 40.4 Å². The summed E-state index contributed by atoms with van der Waals surface area (Å²) in [6.45, 7) is 16.1. The average molecular weight is 761 g/mol. The molecule has 2 unspecified atom stereocenters. The molecule has 1 aromatic carbocycles. The Morgan fingerprint density at radius 2 is 1.50 bits per heavy atom. The van der Waals surface area contributed by atoms with E-state index < -0.39 is 42.3 Å². The van der Waals surface area contributed by atoms with Gasteiger partial charge in [-0.3, -0.25) is 24.1 Å². The van der Waals surface area contributed by atoms with E-state index in [4.69, 9.17) is 19.9 Å². The minimum absolute atomic E-state index is 0.0125. The zero-order valence-corrected chi connectivity index (χ0v) is 35.5. The quantitative estimate of drug-likeness (QED) is 0.170.